The normalized spacial score (nSPS) is 13.4. The molecular weight excluding hydrogens is 268 g/mol. The maximum absolute atomic E-state index is 5.68. The molecule has 0 saturated heterocycles. The highest BCUT2D eigenvalue weighted by Crippen LogP contribution is 2.32. The monoisotopic (exact) mass is 286 g/mol. The number of nitrogens with zero attached hydrogens (tertiary/aromatic N) is 1. The summed E-state index contributed by atoms with van der Waals surface area (Å²) >= 11 is 0. The van der Waals surface area contributed by atoms with Gasteiger partial charge in [0.15, 0.2) is 11.5 Å². The molecule has 110 valence electrons. The van der Waals surface area contributed by atoms with Crippen LogP contribution in [0.25, 0.3) is 0 Å². The zero-order valence-corrected chi connectivity index (χ0v) is 12.0. The third kappa shape index (κ3) is 3.37. The Morgan fingerprint density at radius 3 is 2.76 bits per heavy atom. The van der Waals surface area contributed by atoms with Crippen molar-refractivity contribution in [1.29, 1.82) is 0 Å². The van der Waals surface area contributed by atoms with Crippen molar-refractivity contribution >= 4 is 5.69 Å². The van der Waals surface area contributed by atoms with Crippen LogP contribution in [0.15, 0.2) is 36.5 Å². The highest BCUT2D eigenvalue weighted by Gasteiger charge is 2.10. The van der Waals surface area contributed by atoms with E-state index in [0.717, 1.165) is 29.2 Å². The maximum Gasteiger partial charge on any atom is 0.212 e. The number of ether oxygens (including phenoxy) is 3. The topological polar surface area (TPSA) is 52.6 Å². The minimum absolute atomic E-state index is 0.620. The summed E-state index contributed by atoms with van der Waals surface area (Å²) in [5.74, 6) is 2.23. The number of aromatic nitrogens is 1. The summed E-state index contributed by atoms with van der Waals surface area (Å²) in [6.45, 7) is 2.09. The van der Waals surface area contributed by atoms with Crippen LogP contribution >= 0.6 is 0 Å². The van der Waals surface area contributed by atoms with E-state index >= 15 is 0 Å². The van der Waals surface area contributed by atoms with E-state index in [0.29, 0.717) is 25.6 Å². The molecule has 0 amide bonds. The molecule has 5 heteroatoms. The summed E-state index contributed by atoms with van der Waals surface area (Å²) in [5, 5.41) is 3.35. The number of nitrogens with one attached hydrogen (secondary N) is 1. The molecule has 1 aliphatic heterocycles. The summed E-state index contributed by atoms with van der Waals surface area (Å²) < 4.78 is 16.3. The molecule has 0 aliphatic carbocycles. The van der Waals surface area contributed by atoms with Gasteiger partial charge in [-0.1, -0.05) is 6.07 Å². The predicted octanol–water partition coefficient (Wildman–Crippen LogP) is 2.86. The van der Waals surface area contributed by atoms with E-state index in [4.69, 9.17) is 14.2 Å². The van der Waals surface area contributed by atoms with Crippen LogP contribution in [0, 0.1) is 0 Å². The Bertz CT molecular complexity index is 599. The Hall–Kier alpha value is -2.43. The first-order valence-electron chi connectivity index (χ1n) is 6.97. The lowest BCUT2D eigenvalue weighted by molar-refractivity contribution is 0.297. The molecule has 1 aromatic carbocycles. The molecule has 1 N–H and O–H groups in total. The van der Waals surface area contributed by atoms with Crippen molar-refractivity contribution in [2.24, 2.45) is 0 Å². The summed E-state index contributed by atoms with van der Waals surface area (Å²) in [7, 11) is 1.61. The van der Waals surface area contributed by atoms with Crippen LogP contribution in [0.3, 0.4) is 0 Å². The van der Waals surface area contributed by atoms with Gasteiger partial charge in [-0.25, -0.2) is 4.98 Å². The van der Waals surface area contributed by atoms with Crippen LogP contribution in [0.1, 0.15) is 12.0 Å². The number of benzene rings is 1. The zero-order valence-electron chi connectivity index (χ0n) is 12.0. The fraction of sp³-hybridized carbons (Fsp3) is 0.312. The Labute approximate surface area is 123 Å². The molecule has 0 saturated carbocycles. The van der Waals surface area contributed by atoms with Gasteiger partial charge in [0, 0.05) is 37.0 Å². The summed E-state index contributed by atoms with van der Waals surface area (Å²) in [4.78, 5) is 4.19. The van der Waals surface area contributed by atoms with Crippen molar-refractivity contribution < 1.29 is 14.2 Å². The molecule has 0 fully saturated rings. The number of anilines is 1. The molecule has 0 unspecified atom stereocenters. The zero-order chi connectivity index (χ0) is 14.5. The number of fused-ring (bicyclic) bond motifs is 1. The molecule has 0 bridgehead atoms. The Kier molecular flexibility index (Phi) is 4.09. The quantitative estimate of drug-likeness (QED) is 0.936. The average molecular weight is 286 g/mol. The van der Waals surface area contributed by atoms with Crippen molar-refractivity contribution in [2.75, 3.05) is 25.6 Å². The van der Waals surface area contributed by atoms with Crippen molar-refractivity contribution in [3.05, 3.63) is 42.1 Å². The van der Waals surface area contributed by atoms with Gasteiger partial charge in [0.25, 0.3) is 0 Å². The van der Waals surface area contributed by atoms with Gasteiger partial charge in [-0.05, 0) is 17.7 Å². The van der Waals surface area contributed by atoms with Crippen LogP contribution in [0.4, 0.5) is 5.69 Å². The molecule has 0 atom stereocenters. The minimum Gasteiger partial charge on any atom is -0.490 e. The Morgan fingerprint density at radius 2 is 2.00 bits per heavy atom. The predicted molar refractivity (Wildman–Crippen MR) is 80.2 cm³/mol. The van der Waals surface area contributed by atoms with Crippen LogP contribution in [-0.2, 0) is 6.54 Å². The van der Waals surface area contributed by atoms with Crippen LogP contribution in [0.2, 0.25) is 0 Å². The van der Waals surface area contributed by atoms with E-state index in [1.807, 2.05) is 30.3 Å². The minimum atomic E-state index is 0.620. The highest BCUT2D eigenvalue weighted by atomic mass is 16.5. The molecule has 1 aromatic heterocycles. The number of pyridine rings is 1. The Balaban J connectivity index is 1.66. The Morgan fingerprint density at radius 1 is 1.14 bits per heavy atom. The molecule has 3 rings (SSSR count). The first-order chi connectivity index (χ1) is 10.3. The van der Waals surface area contributed by atoms with Crippen molar-refractivity contribution in [2.45, 2.75) is 13.0 Å². The lowest BCUT2D eigenvalue weighted by atomic mass is 10.2. The van der Waals surface area contributed by atoms with Crippen molar-refractivity contribution in [3.63, 3.8) is 0 Å². The van der Waals surface area contributed by atoms with Gasteiger partial charge in [-0.3, -0.25) is 0 Å². The van der Waals surface area contributed by atoms with Gasteiger partial charge >= 0.3 is 0 Å². The van der Waals surface area contributed by atoms with Gasteiger partial charge in [0.2, 0.25) is 5.88 Å². The SMILES string of the molecule is COc1ccc(CNc2ccc3c(c2)OCCCO3)cn1. The van der Waals surface area contributed by atoms with E-state index in [1.54, 1.807) is 13.3 Å². The largest absolute Gasteiger partial charge is 0.490 e. The average Bonchev–Trinajstić information content (AvgIpc) is 2.78. The number of hydrogen-bond donors (Lipinski definition) is 1. The lowest BCUT2D eigenvalue weighted by Crippen LogP contribution is -2.01. The molecule has 2 aromatic rings. The first kappa shape index (κ1) is 13.5. The second kappa shape index (κ2) is 6.35. The van der Waals surface area contributed by atoms with Crippen LogP contribution < -0.4 is 19.5 Å². The third-order valence-corrected chi connectivity index (χ3v) is 3.25. The van der Waals surface area contributed by atoms with Crippen LogP contribution in [0.5, 0.6) is 17.4 Å². The fourth-order valence-corrected chi connectivity index (χ4v) is 2.11. The molecule has 5 nitrogen and oxygen atoms in total. The van der Waals surface area contributed by atoms with E-state index < -0.39 is 0 Å². The van der Waals surface area contributed by atoms with Gasteiger partial charge in [-0.15, -0.1) is 0 Å². The number of hydrogen-bond acceptors (Lipinski definition) is 5. The fourth-order valence-electron chi connectivity index (χ4n) is 2.11. The number of methoxy groups -OCH3 is 1. The molecule has 0 spiro atoms. The molecular formula is C16H18N2O3. The summed E-state index contributed by atoms with van der Waals surface area (Å²) in [6.07, 6.45) is 2.71. The van der Waals surface area contributed by atoms with Crippen molar-refractivity contribution in [1.82, 2.24) is 4.98 Å². The second-order valence-corrected chi connectivity index (χ2v) is 4.77. The van der Waals surface area contributed by atoms with Crippen LogP contribution in [-0.4, -0.2) is 25.3 Å². The van der Waals surface area contributed by atoms with E-state index in [-0.39, 0.29) is 0 Å². The summed E-state index contributed by atoms with van der Waals surface area (Å²) in [6, 6.07) is 9.74. The smallest absolute Gasteiger partial charge is 0.212 e. The highest BCUT2D eigenvalue weighted by molar-refractivity contribution is 5.55. The van der Waals surface area contributed by atoms with Gasteiger partial charge in [-0.2, -0.15) is 0 Å². The lowest BCUT2D eigenvalue weighted by Gasteiger charge is -2.11. The van der Waals surface area contributed by atoms with Gasteiger partial charge in [0.1, 0.15) is 0 Å². The van der Waals surface area contributed by atoms with E-state index in [1.165, 1.54) is 0 Å². The maximum atomic E-state index is 5.68. The third-order valence-electron chi connectivity index (χ3n) is 3.25. The van der Waals surface area contributed by atoms with E-state index in [2.05, 4.69) is 10.3 Å². The molecule has 0 radical (unpaired) electrons. The first-order valence-corrected chi connectivity index (χ1v) is 6.97. The van der Waals surface area contributed by atoms with Gasteiger partial charge < -0.3 is 19.5 Å². The standard InChI is InChI=1S/C16H18N2O3/c1-19-16-6-3-12(11-18-16)10-17-13-4-5-14-15(9-13)21-8-2-7-20-14/h3-6,9,11,17H,2,7-8,10H2,1H3. The molecule has 1 aliphatic rings. The van der Waals surface area contributed by atoms with Crippen molar-refractivity contribution in [3.8, 4) is 17.4 Å². The molecule has 2 heterocycles. The number of rotatable bonds is 4. The molecule has 21 heavy (non-hydrogen) atoms. The second-order valence-electron chi connectivity index (χ2n) is 4.77. The van der Waals surface area contributed by atoms with E-state index in [9.17, 15) is 0 Å². The summed E-state index contributed by atoms with van der Waals surface area (Å²) in [5.41, 5.74) is 2.08. The van der Waals surface area contributed by atoms with Gasteiger partial charge in [0.05, 0.1) is 20.3 Å².